The van der Waals surface area contributed by atoms with Gasteiger partial charge in [-0.15, -0.1) is 0 Å². The first-order valence-corrected chi connectivity index (χ1v) is 8.59. The van der Waals surface area contributed by atoms with E-state index >= 15 is 0 Å². The third-order valence-electron chi connectivity index (χ3n) is 3.46. The van der Waals surface area contributed by atoms with Crippen LogP contribution < -0.4 is 5.73 Å². The van der Waals surface area contributed by atoms with Crippen molar-refractivity contribution in [3.8, 4) is 0 Å². The third-order valence-corrected chi connectivity index (χ3v) is 5.18. The molecular formula is C14H20N4O2S. The SMILES string of the molecule is CCC(CC)n1ccc(CS(=O)(=O)c2ccncc2N)n1. The highest BCUT2D eigenvalue weighted by Gasteiger charge is 2.20. The topological polar surface area (TPSA) is 90.9 Å². The number of aromatic nitrogens is 3. The molecule has 0 saturated carbocycles. The lowest BCUT2D eigenvalue weighted by atomic mass is 10.2. The van der Waals surface area contributed by atoms with Crippen LogP contribution in [0.5, 0.6) is 0 Å². The van der Waals surface area contributed by atoms with E-state index in [0.29, 0.717) is 11.7 Å². The lowest BCUT2D eigenvalue weighted by Crippen LogP contribution is -2.11. The van der Waals surface area contributed by atoms with Gasteiger partial charge in [0.15, 0.2) is 9.84 Å². The van der Waals surface area contributed by atoms with E-state index in [-0.39, 0.29) is 16.3 Å². The standard InChI is InChI=1S/C14H20N4O2S/c1-3-12(4-2)18-8-6-11(17-18)10-21(19,20)14-5-7-16-9-13(14)15/h5-9,12H,3-4,10,15H2,1-2H3. The summed E-state index contributed by atoms with van der Waals surface area (Å²) in [5.41, 5.74) is 6.38. The number of nitrogen functional groups attached to an aromatic ring is 1. The fourth-order valence-electron chi connectivity index (χ4n) is 2.27. The first kappa shape index (κ1) is 15.5. The summed E-state index contributed by atoms with van der Waals surface area (Å²) in [6, 6.07) is 3.46. The summed E-state index contributed by atoms with van der Waals surface area (Å²) in [5, 5.41) is 4.37. The Hall–Kier alpha value is -1.89. The molecule has 21 heavy (non-hydrogen) atoms. The third kappa shape index (κ3) is 3.41. The summed E-state index contributed by atoms with van der Waals surface area (Å²) < 4.78 is 26.6. The van der Waals surface area contributed by atoms with E-state index in [2.05, 4.69) is 23.9 Å². The smallest absolute Gasteiger partial charge is 0.186 e. The van der Waals surface area contributed by atoms with Crippen LogP contribution in [-0.4, -0.2) is 23.2 Å². The van der Waals surface area contributed by atoms with Crippen LogP contribution in [0.3, 0.4) is 0 Å². The van der Waals surface area contributed by atoms with E-state index in [9.17, 15) is 8.42 Å². The van der Waals surface area contributed by atoms with E-state index < -0.39 is 9.84 Å². The van der Waals surface area contributed by atoms with Gasteiger partial charge in [0.25, 0.3) is 0 Å². The summed E-state index contributed by atoms with van der Waals surface area (Å²) in [6.45, 7) is 4.17. The number of rotatable bonds is 6. The predicted octanol–water partition coefficient (Wildman–Crippen LogP) is 2.20. The van der Waals surface area contributed by atoms with Crippen molar-refractivity contribution in [3.05, 3.63) is 36.4 Å². The van der Waals surface area contributed by atoms with Crippen molar-refractivity contribution in [1.29, 1.82) is 0 Å². The van der Waals surface area contributed by atoms with Crippen molar-refractivity contribution in [2.75, 3.05) is 5.73 Å². The summed E-state index contributed by atoms with van der Waals surface area (Å²) >= 11 is 0. The van der Waals surface area contributed by atoms with Crippen molar-refractivity contribution in [3.63, 3.8) is 0 Å². The highest BCUT2D eigenvalue weighted by atomic mass is 32.2. The summed E-state index contributed by atoms with van der Waals surface area (Å²) in [7, 11) is -3.51. The van der Waals surface area contributed by atoms with Gasteiger partial charge in [0, 0.05) is 12.4 Å². The van der Waals surface area contributed by atoms with Gasteiger partial charge in [0.1, 0.15) is 0 Å². The fraction of sp³-hybridized carbons (Fsp3) is 0.429. The molecule has 0 aliphatic carbocycles. The molecule has 0 aliphatic rings. The molecule has 114 valence electrons. The second-order valence-corrected chi connectivity index (χ2v) is 6.89. The average molecular weight is 308 g/mol. The fourth-order valence-corrected chi connectivity index (χ4v) is 3.65. The second kappa shape index (κ2) is 6.26. The molecule has 0 radical (unpaired) electrons. The van der Waals surface area contributed by atoms with Crippen LogP contribution in [0, 0.1) is 0 Å². The first-order valence-electron chi connectivity index (χ1n) is 6.94. The molecule has 0 saturated heterocycles. The van der Waals surface area contributed by atoms with Gasteiger partial charge in [0.05, 0.1) is 34.3 Å². The van der Waals surface area contributed by atoms with Crippen molar-refractivity contribution in [2.24, 2.45) is 0 Å². The molecular weight excluding hydrogens is 288 g/mol. The van der Waals surface area contributed by atoms with Gasteiger partial charge in [0.2, 0.25) is 0 Å². The zero-order valence-electron chi connectivity index (χ0n) is 12.2. The molecule has 2 N–H and O–H groups in total. The number of nitrogens with zero attached hydrogens (tertiary/aromatic N) is 3. The molecule has 2 rings (SSSR count). The van der Waals surface area contributed by atoms with Crippen LogP contribution in [0.25, 0.3) is 0 Å². The Balaban J connectivity index is 2.24. The lowest BCUT2D eigenvalue weighted by Gasteiger charge is -2.12. The monoisotopic (exact) mass is 308 g/mol. The molecule has 0 spiro atoms. The molecule has 0 aliphatic heterocycles. The normalized spacial score (nSPS) is 12.0. The number of hydrogen-bond donors (Lipinski definition) is 1. The zero-order chi connectivity index (χ0) is 15.5. The number of nitrogens with two attached hydrogens (primary N) is 1. The first-order chi connectivity index (χ1) is 9.97. The molecule has 2 aromatic heterocycles. The van der Waals surface area contributed by atoms with Crippen molar-refractivity contribution in [1.82, 2.24) is 14.8 Å². The van der Waals surface area contributed by atoms with Gasteiger partial charge in [-0.3, -0.25) is 9.67 Å². The van der Waals surface area contributed by atoms with Crippen LogP contribution in [0.4, 0.5) is 5.69 Å². The largest absolute Gasteiger partial charge is 0.396 e. The van der Waals surface area contributed by atoms with Gasteiger partial charge in [-0.05, 0) is 25.0 Å². The zero-order valence-corrected chi connectivity index (χ0v) is 13.0. The second-order valence-electron chi connectivity index (χ2n) is 4.93. The Bertz CT molecular complexity index is 705. The van der Waals surface area contributed by atoms with Gasteiger partial charge in [-0.1, -0.05) is 13.8 Å². The molecule has 0 amide bonds. The van der Waals surface area contributed by atoms with Gasteiger partial charge >= 0.3 is 0 Å². The lowest BCUT2D eigenvalue weighted by molar-refractivity contribution is 0.426. The molecule has 0 bridgehead atoms. The summed E-state index contributed by atoms with van der Waals surface area (Å²) in [5.74, 6) is -0.158. The minimum absolute atomic E-state index is 0.106. The van der Waals surface area contributed by atoms with Gasteiger partial charge < -0.3 is 5.73 Å². The van der Waals surface area contributed by atoms with Crippen LogP contribution in [0.1, 0.15) is 38.4 Å². The maximum absolute atomic E-state index is 12.4. The van der Waals surface area contributed by atoms with E-state index in [4.69, 9.17) is 5.73 Å². The van der Waals surface area contributed by atoms with Crippen LogP contribution in [0.2, 0.25) is 0 Å². The summed E-state index contributed by atoms with van der Waals surface area (Å²) in [6.07, 6.45) is 6.52. The molecule has 6 nitrogen and oxygen atoms in total. The molecule has 0 unspecified atom stereocenters. The molecule has 0 atom stereocenters. The van der Waals surface area contributed by atoms with E-state index in [1.54, 1.807) is 6.07 Å². The average Bonchev–Trinajstić information content (AvgIpc) is 2.88. The van der Waals surface area contributed by atoms with E-state index in [1.807, 2.05) is 10.9 Å². The molecule has 0 aromatic carbocycles. The maximum Gasteiger partial charge on any atom is 0.186 e. The molecule has 2 aromatic rings. The minimum Gasteiger partial charge on any atom is -0.396 e. The maximum atomic E-state index is 12.4. The Labute approximate surface area is 124 Å². The number of hydrogen-bond acceptors (Lipinski definition) is 5. The predicted molar refractivity (Wildman–Crippen MR) is 81.4 cm³/mol. The van der Waals surface area contributed by atoms with Gasteiger partial charge in [-0.2, -0.15) is 5.10 Å². The highest BCUT2D eigenvalue weighted by molar-refractivity contribution is 7.90. The van der Waals surface area contributed by atoms with Gasteiger partial charge in [-0.25, -0.2) is 8.42 Å². The number of sulfone groups is 1. The molecule has 7 heteroatoms. The van der Waals surface area contributed by atoms with Crippen molar-refractivity contribution in [2.45, 2.75) is 43.4 Å². The Morgan fingerprint density at radius 2 is 2.00 bits per heavy atom. The van der Waals surface area contributed by atoms with Crippen LogP contribution in [-0.2, 0) is 15.6 Å². The Morgan fingerprint density at radius 3 is 2.62 bits per heavy atom. The highest BCUT2D eigenvalue weighted by Crippen LogP contribution is 2.21. The van der Waals surface area contributed by atoms with Crippen molar-refractivity contribution >= 4 is 15.5 Å². The quantitative estimate of drug-likeness (QED) is 0.883. The van der Waals surface area contributed by atoms with Crippen LogP contribution >= 0.6 is 0 Å². The van der Waals surface area contributed by atoms with E-state index in [1.165, 1.54) is 18.5 Å². The number of pyridine rings is 1. The summed E-state index contributed by atoms with van der Waals surface area (Å²) in [4.78, 5) is 3.91. The van der Waals surface area contributed by atoms with Crippen LogP contribution in [0.15, 0.2) is 35.6 Å². The Kier molecular flexibility index (Phi) is 4.62. The van der Waals surface area contributed by atoms with Crippen molar-refractivity contribution < 1.29 is 8.42 Å². The molecule has 2 heterocycles. The van der Waals surface area contributed by atoms with E-state index in [0.717, 1.165) is 12.8 Å². The Morgan fingerprint density at radius 1 is 1.29 bits per heavy atom. The minimum atomic E-state index is -3.51. The number of anilines is 1. The molecule has 0 fully saturated rings.